The van der Waals surface area contributed by atoms with E-state index in [0.29, 0.717) is 13.1 Å². The average Bonchev–Trinajstić information content (AvgIpc) is 2.96. The molecule has 0 aromatic carbocycles. The highest BCUT2D eigenvalue weighted by molar-refractivity contribution is 7.13. The molecule has 1 aromatic heterocycles. The first-order valence-electron chi connectivity index (χ1n) is 7.98. The zero-order valence-electron chi connectivity index (χ0n) is 13.3. The molecule has 1 aliphatic carbocycles. The van der Waals surface area contributed by atoms with Crippen LogP contribution in [0.25, 0.3) is 0 Å². The minimum absolute atomic E-state index is 0. The first-order chi connectivity index (χ1) is 10.3. The van der Waals surface area contributed by atoms with Crippen molar-refractivity contribution in [2.24, 2.45) is 5.92 Å². The molecule has 8 heteroatoms. The second kappa shape index (κ2) is 10.3. The lowest BCUT2D eigenvalue weighted by Gasteiger charge is -2.12. The molecule has 1 saturated heterocycles. The summed E-state index contributed by atoms with van der Waals surface area (Å²) in [6, 6.07) is 0. The van der Waals surface area contributed by atoms with Crippen molar-refractivity contribution >= 4 is 47.2 Å². The second-order valence-electron chi connectivity index (χ2n) is 5.99. The van der Waals surface area contributed by atoms with Crippen molar-refractivity contribution in [1.29, 1.82) is 0 Å². The van der Waals surface area contributed by atoms with Gasteiger partial charge in [-0.2, -0.15) is 0 Å². The van der Waals surface area contributed by atoms with Gasteiger partial charge in [-0.25, -0.2) is 4.98 Å². The maximum atomic E-state index is 11.6. The van der Waals surface area contributed by atoms with Gasteiger partial charge in [0.25, 0.3) is 0 Å². The van der Waals surface area contributed by atoms with Crippen LogP contribution in [0, 0.1) is 5.92 Å². The molecule has 0 spiro atoms. The molecule has 1 aromatic rings. The predicted octanol–water partition coefficient (Wildman–Crippen LogP) is 2.25. The maximum absolute atomic E-state index is 11.6. The Morgan fingerprint density at radius 3 is 2.74 bits per heavy atom. The molecule has 0 bridgehead atoms. The van der Waals surface area contributed by atoms with Crippen molar-refractivity contribution in [3.63, 3.8) is 0 Å². The van der Waals surface area contributed by atoms with E-state index in [4.69, 9.17) is 0 Å². The summed E-state index contributed by atoms with van der Waals surface area (Å²) in [6.45, 7) is 4.37. The van der Waals surface area contributed by atoms with Crippen molar-refractivity contribution in [3.05, 3.63) is 11.1 Å². The number of nitrogens with one attached hydrogen (secondary N) is 2. The molecular weight excluding hydrogens is 355 g/mol. The van der Waals surface area contributed by atoms with Crippen molar-refractivity contribution in [1.82, 2.24) is 15.6 Å². The minimum atomic E-state index is 0. The monoisotopic (exact) mass is 380 g/mol. The smallest absolute Gasteiger partial charge is 0.233 e. The van der Waals surface area contributed by atoms with Gasteiger partial charge >= 0.3 is 0 Å². The minimum Gasteiger partial charge on any atom is -0.355 e. The molecule has 0 atom stereocenters. The molecule has 2 N–H and O–H groups in total. The van der Waals surface area contributed by atoms with Gasteiger partial charge in [-0.15, -0.1) is 36.2 Å². The Bertz CT molecular complexity index is 476. The second-order valence-corrected chi connectivity index (χ2v) is 6.83. The van der Waals surface area contributed by atoms with Crippen LogP contribution in [0.1, 0.15) is 31.4 Å². The Morgan fingerprint density at radius 2 is 2.04 bits per heavy atom. The first-order valence-corrected chi connectivity index (χ1v) is 8.86. The van der Waals surface area contributed by atoms with Crippen molar-refractivity contribution in [2.75, 3.05) is 37.6 Å². The van der Waals surface area contributed by atoms with Gasteiger partial charge in [-0.3, -0.25) is 4.79 Å². The molecule has 0 radical (unpaired) electrons. The van der Waals surface area contributed by atoms with Gasteiger partial charge in [0.15, 0.2) is 5.13 Å². The van der Waals surface area contributed by atoms with Crippen LogP contribution in [-0.2, 0) is 11.2 Å². The molecule has 23 heavy (non-hydrogen) atoms. The maximum Gasteiger partial charge on any atom is 0.233 e. The van der Waals surface area contributed by atoms with Crippen molar-refractivity contribution < 1.29 is 4.79 Å². The largest absolute Gasteiger partial charge is 0.355 e. The number of carbonyl (C=O) groups is 1. The molecule has 1 saturated carbocycles. The standard InChI is InChI=1S/C15H24N4OS.2ClH/c20-14(10-16-9-12-3-4-12)17-6-5-13-11-21-15(18-13)19-7-1-2-8-19;;/h11-12,16H,1-10H2,(H,17,20);2*1H. The van der Waals surface area contributed by atoms with E-state index in [2.05, 4.69) is 25.9 Å². The van der Waals surface area contributed by atoms with Crippen LogP contribution in [0.5, 0.6) is 0 Å². The number of halogens is 2. The van der Waals surface area contributed by atoms with Crippen LogP contribution in [0.15, 0.2) is 5.38 Å². The number of carbonyl (C=O) groups excluding carboxylic acids is 1. The number of anilines is 1. The number of aromatic nitrogens is 1. The fourth-order valence-corrected chi connectivity index (χ4v) is 3.48. The summed E-state index contributed by atoms with van der Waals surface area (Å²) in [6.07, 6.45) is 6.01. The van der Waals surface area contributed by atoms with E-state index in [9.17, 15) is 4.79 Å². The Kier molecular flexibility index (Phi) is 9.20. The van der Waals surface area contributed by atoms with Gasteiger partial charge in [-0.1, -0.05) is 0 Å². The quantitative estimate of drug-likeness (QED) is 0.725. The predicted molar refractivity (Wildman–Crippen MR) is 100 cm³/mol. The Hall–Kier alpha value is -0.560. The number of rotatable bonds is 8. The van der Waals surface area contributed by atoms with E-state index in [1.165, 1.54) is 25.7 Å². The van der Waals surface area contributed by atoms with E-state index in [1.54, 1.807) is 11.3 Å². The molecule has 2 fully saturated rings. The van der Waals surface area contributed by atoms with E-state index in [0.717, 1.165) is 42.8 Å². The fourth-order valence-electron chi connectivity index (χ4n) is 2.57. The molecule has 1 aliphatic heterocycles. The number of thiazole rings is 1. The van der Waals surface area contributed by atoms with Gasteiger partial charge in [0.05, 0.1) is 12.2 Å². The fraction of sp³-hybridized carbons (Fsp3) is 0.733. The molecular formula is C15H26Cl2N4OS. The highest BCUT2D eigenvalue weighted by Gasteiger charge is 2.20. The van der Waals surface area contributed by atoms with Crippen LogP contribution >= 0.6 is 36.2 Å². The highest BCUT2D eigenvalue weighted by Crippen LogP contribution is 2.27. The molecule has 2 aliphatic rings. The summed E-state index contributed by atoms with van der Waals surface area (Å²) in [5.41, 5.74) is 1.09. The number of hydrogen-bond donors (Lipinski definition) is 2. The zero-order valence-corrected chi connectivity index (χ0v) is 15.7. The summed E-state index contributed by atoms with van der Waals surface area (Å²) in [5.74, 6) is 0.905. The summed E-state index contributed by atoms with van der Waals surface area (Å²) in [5, 5.41) is 9.41. The van der Waals surface area contributed by atoms with E-state index in [-0.39, 0.29) is 30.7 Å². The lowest BCUT2D eigenvalue weighted by Crippen LogP contribution is -2.35. The zero-order chi connectivity index (χ0) is 14.5. The first kappa shape index (κ1) is 20.5. The lowest BCUT2D eigenvalue weighted by atomic mass is 10.3. The van der Waals surface area contributed by atoms with Gasteiger partial charge in [-0.05, 0) is 38.1 Å². The van der Waals surface area contributed by atoms with Gasteiger partial charge in [0.2, 0.25) is 5.91 Å². The Balaban J connectivity index is 0.00000132. The summed E-state index contributed by atoms with van der Waals surface area (Å²) >= 11 is 1.72. The topological polar surface area (TPSA) is 57.3 Å². The summed E-state index contributed by atoms with van der Waals surface area (Å²) in [7, 11) is 0. The third-order valence-electron chi connectivity index (χ3n) is 4.04. The third kappa shape index (κ3) is 6.83. The highest BCUT2D eigenvalue weighted by atomic mass is 35.5. The number of nitrogens with zero attached hydrogens (tertiary/aromatic N) is 2. The van der Waals surface area contributed by atoms with Crippen molar-refractivity contribution in [3.8, 4) is 0 Å². The summed E-state index contributed by atoms with van der Waals surface area (Å²) in [4.78, 5) is 18.7. The normalized spacial score (nSPS) is 16.6. The van der Waals surface area contributed by atoms with E-state index in [1.807, 2.05) is 0 Å². The van der Waals surface area contributed by atoms with Crippen LogP contribution in [0.2, 0.25) is 0 Å². The molecule has 2 heterocycles. The number of amides is 1. The molecule has 0 unspecified atom stereocenters. The lowest BCUT2D eigenvalue weighted by molar-refractivity contribution is -0.120. The van der Waals surface area contributed by atoms with E-state index >= 15 is 0 Å². The third-order valence-corrected chi connectivity index (χ3v) is 4.99. The van der Waals surface area contributed by atoms with Gasteiger partial charge in [0.1, 0.15) is 0 Å². The summed E-state index contributed by atoms with van der Waals surface area (Å²) < 4.78 is 0. The van der Waals surface area contributed by atoms with Crippen LogP contribution < -0.4 is 15.5 Å². The molecule has 5 nitrogen and oxygen atoms in total. The van der Waals surface area contributed by atoms with Crippen molar-refractivity contribution in [2.45, 2.75) is 32.1 Å². The average molecular weight is 381 g/mol. The molecule has 3 rings (SSSR count). The Labute approximate surface area is 154 Å². The van der Waals surface area contributed by atoms with Crippen LogP contribution in [0.4, 0.5) is 5.13 Å². The van der Waals surface area contributed by atoms with Gasteiger partial charge < -0.3 is 15.5 Å². The van der Waals surface area contributed by atoms with E-state index < -0.39 is 0 Å². The van der Waals surface area contributed by atoms with Gasteiger partial charge in [0, 0.05) is 31.4 Å². The SMILES string of the molecule is Cl.Cl.O=C(CNCC1CC1)NCCc1csc(N2CCCC2)n1. The molecule has 1 amide bonds. The van der Waals surface area contributed by atoms with Crippen LogP contribution in [-0.4, -0.2) is 43.6 Å². The number of hydrogen-bond acceptors (Lipinski definition) is 5. The molecule has 132 valence electrons. The Morgan fingerprint density at radius 1 is 1.30 bits per heavy atom. The van der Waals surface area contributed by atoms with Crippen LogP contribution in [0.3, 0.4) is 0 Å².